The molecule has 1 aromatic heterocycles. The lowest BCUT2D eigenvalue weighted by Gasteiger charge is -2.26. The first-order chi connectivity index (χ1) is 8.67. The lowest BCUT2D eigenvalue weighted by molar-refractivity contribution is 0.300. The molecule has 1 aromatic rings. The molecule has 1 aliphatic rings. The highest BCUT2D eigenvalue weighted by atomic mass is 79.9. The lowest BCUT2D eigenvalue weighted by Crippen LogP contribution is -2.20. The summed E-state index contributed by atoms with van der Waals surface area (Å²) in [4.78, 5) is 8.82. The minimum absolute atomic E-state index is 0.806. The maximum absolute atomic E-state index is 4.50. The summed E-state index contributed by atoms with van der Waals surface area (Å²) in [6, 6.07) is 1.96. The molecule has 3 nitrogen and oxygen atoms in total. The normalized spacial score (nSPS) is 23.9. The number of aromatic nitrogens is 2. The second-order valence-corrected chi connectivity index (χ2v) is 6.16. The van der Waals surface area contributed by atoms with Crippen LogP contribution in [-0.2, 0) is 6.42 Å². The Morgan fingerprint density at radius 2 is 2.00 bits per heavy atom. The van der Waals surface area contributed by atoms with E-state index in [1.54, 1.807) is 0 Å². The third kappa shape index (κ3) is 3.94. The van der Waals surface area contributed by atoms with Crippen molar-refractivity contribution in [3.8, 4) is 0 Å². The fourth-order valence-electron chi connectivity index (χ4n) is 2.50. The van der Waals surface area contributed by atoms with Gasteiger partial charge in [0.25, 0.3) is 0 Å². The van der Waals surface area contributed by atoms with Gasteiger partial charge >= 0.3 is 0 Å². The van der Waals surface area contributed by atoms with Crippen molar-refractivity contribution in [1.29, 1.82) is 0 Å². The smallest absolute Gasteiger partial charge is 0.131 e. The van der Waals surface area contributed by atoms with Crippen LogP contribution in [0.4, 0.5) is 5.82 Å². The molecule has 1 fully saturated rings. The number of hydrogen-bond acceptors (Lipinski definition) is 3. The Morgan fingerprint density at radius 3 is 2.67 bits per heavy atom. The molecule has 0 amide bonds. The predicted molar refractivity (Wildman–Crippen MR) is 78.7 cm³/mol. The Kier molecular flexibility index (Phi) is 4.98. The topological polar surface area (TPSA) is 37.8 Å². The van der Waals surface area contributed by atoms with Gasteiger partial charge in [-0.3, -0.25) is 0 Å². The average molecular weight is 312 g/mol. The Bertz CT molecular complexity index is 387. The second kappa shape index (κ2) is 6.50. The molecule has 0 spiro atoms. The van der Waals surface area contributed by atoms with Crippen molar-refractivity contribution in [2.24, 2.45) is 11.8 Å². The zero-order chi connectivity index (χ0) is 13.0. The quantitative estimate of drug-likeness (QED) is 0.853. The van der Waals surface area contributed by atoms with Gasteiger partial charge in [-0.25, -0.2) is 9.97 Å². The first kappa shape index (κ1) is 13.8. The number of nitrogens with zero attached hydrogens (tertiary/aromatic N) is 2. The molecule has 1 heterocycles. The summed E-state index contributed by atoms with van der Waals surface area (Å²) in [6.45, 7) is 5.48. The van der Waals surface area contributed by atoms with Gasteiger partial charge < -0.3 is 5.32 Å². The van der Waals surface area contributed by atoms with Crippen LogP contribution in [0.1, 0.15) is 45.4 Å². The van der Waals surface area contributed by atoms with Crippen molar-refractivity contribution in [2.45, 2.75) is 46.0 Å². The molecule has 2 rings (SSSR count). The molecule has 1 N–H and O–H groups in total. The third-order valence-electron chi connectivity index (χ3n) is 3.76. The van der Waals surface area contributed by atoms with Crippen molar-refractivity contribution in [3.63, 3.8) is 0 Å². The molecule has 18 heavy (non-hydrogen) atoms. The van der Waals surface area contributed by atoms with Crippen LogP contribution in [0.25, 0.3) is 0 Å². The average Bonchev–Trinajstić information content (AvgIpc) is 2.37. The predicted octanol–water partition coefficient (Wildman–Crippen LogP) is 4.04. The molecule has 4 heteroatoms. The summed E-state index contributed by atoms with van der Waals surface area (Å²) < 4.78 is 0.870. The Hall–Kier alpha value is -0.640. The molecule has 0 saturated heterocycles. The van der Waals surface area contributed by atoms with E-state index in [4.69, 9.17) is 0 Å². The largest absolute Gasteiger partial charge is 0.370 e. The summed E-state index contributed by atoms with van der Waals surface area (Å²) in [5.41, 5.74) is 0. The van der Waals surface area contributed by atoms with Crippen molar-refractivity contribution < 1.29 is 0 Å². The summed E-state index contributed by atoms with van der Waals surface area (Å²) in [5, 5.41) is 3.46. The molecular formula is C14H22BrN3. The van der Waals surface area contributed by atoms with Gasteiger partial charge in [-0.05, 0) is 40.6 Å². The van der Waals surface area contributed by atoms with Crippen LogP contribution < -0.4 is 5.32 Å². The van der Waals surface area contributed by atoms with Crippen molar-refractivity contribution in [3.05, 3.63) is 16.5 Å². The molecule has 0 bridgehead atoms. The van der Waals surface area contributed by atoms with Crippen LogP contribution in [0, 0.1) is 11.8 Å². The number of aryl methyl sites for hydroxylation is 1. The van der Waals surface area contributed by atoms with Gasteiger partial charge in [0.2, 0.25) is 0 Å². The van der Waals surface area contributed by atoms with E-state index in [1.807, 2.05) is 6.07 Å². The fourth-order valence-corrected chi connectivity index (χ4v) is 2.92. The maximum atomic E-state index is 4.50. The van der Waals surface area contributed by atoms with Crippen molar-refractivity contribution >= 4 is 21.7 Å². The lowest BCUT2D eigenvalue weighted by atomic mass is 9.83. The van der Waals surface area contributed by atoms with Crippen LogP contribution in [0.2, 0.25) is 0 Å². The number of rotatable bonds is 4. The van der Waals surface area contributed by atoms with E-state index in [0.717, 1.165) is 41.0 Å². The molecule has 0 aliphatic heterocycles. The minimum atomic E-state index is 0.806. The van der Waals surface area contributed by atoms with Gasteiger partial charge in [-0.1, -0.05) is 26.7 Å². The first-order valence-electron chi connectivity index (χ1n) is 6.94. The van der Waals surface area contributed by atoms with Gasteiger partial charge in [0.1, 0.15) is 16.2 Å². The highest BCUT2D eigenvalue weighted by Gasteiger charge is 2.18. The van der Waals surface area contributed by atoms with Crippen molar-refractivity contribution in [1.82, 2.24) is 9.97 Å². The van der Waals surface area contributed by atoms with Crippen LogP contribution in [0.5, 0.6) is 0 Å². The van der Waals surface area contributed by atoms with Gasteiger partial charge in [-0.2, -0.15) is 0 Å². The van der Waals surface area contributed by atoms with E-state index in [9.17, 15) is 0 Å². The molecule has 0 unspecified atom stereocenters. The van der Waals surface area contributed by atoms with E-state index in [0.29, 0.717) is 0 Å². The third-order valence-corrected chi connectivity index (χ3v) is 4.17. The number of halogens is 1. The van der Waals surface area contributed by atoms with Crippen molar-refractivity contribution in [2.75, 3.05) is 11.9 Å². The molecule has 1 saturated carbocycles. The second-order valence-electron chi connectivity index (χ2n) is 5.35. The van der Waals surface area contributed by atoms with Crippen LogP contribution in [0.3, 0.4) is 0 Å². The fraction of sp³-hybridized carbons (Fsp3) is 0.714. The first-order valence-corrected chi connectivity index (χ1v) is 7.74. The van der Waals surface area contributed by atoms with E-state index >= 15 is 0 Å². The van der Waals surface area contributed by atoms with Gasteiger partial charge in [-0.15, -0.1) is 0 Å². The molecule has 0 atom stereocenters. The maximum Gasteiger partial charge on any atom is 0.131 e. The zero-order valence-corrected chi connectivity index (χ0v) is 12.8. The highest BCUT2D eigenvalue weighted by Crippen LogP contribution is 2.28. The van der Waals surface area contributed by atoms with Gasteiger partial charge in [0.15, 0.2) is 0 Å². The molecule has 100 valence electrons. The monoisotopic (exact) mass is 311 g/mol. The number of nitrogens with one attached hydrogen (secondary N) is 1. The van der Waals surface area contributed by atoms with Gasteiger partial charge in [0, 0.05) is 19.0 Å². The van der Waals surface area contributed by atoms with Crippen LogP contribution in [0.15, 0.2) is 10.7 Å². The SMILES string of the molecule is CCc1nc(Br)cc(NCC2CCC(C)CC2)n1. The van der Waals surface area contributed by atoms with Crippen LogP contribution >= 0.6 is 15.9 Å². The van der Waals surface area contributed by atoms with E-state index in [-0.39, 0.29) is 0 Å². The Morgan fingerprint density at radius 1 is 1.28 bits per heavy atom. The van der Waals surface area contributed by atoms with Crippen LogP contribution in [-0.4, -0.2) is 16.5 Å². The Labute approximate surface area is 118 Å². The molecular weight excluding hydrogens is 290 g/mol. The summed E-state index contributed by atoms with van der Waals surface area (Å²) in [7, 11) is 0. The summed E-state index contributed by atoms with van der Waals surface area (Å²) in [5.74, 6) is 3.57. The molecule has 1 aliphatic carbocycles. The number of hydrogen-bond donors (Lipinski definition) is 1. The standard InChI is InChI=1S/C14H22BrN3/c1-3-13-17-12(15)8-14(18-13)16-9-11-6-4-10(2)5-7-11/h8,10-11H,3-7,9H2,1-2H3,(H,16,17,18). The summed E-state index contributed by atoms with van der Waals surface area (Å²) >= 11 is 3.44. The Balaban J connectivity index is 1.88. The van der Waals surface area contributed by atoms with E-state index < -0.39 is 0 Å². The van der Waals surface area contributed by atoms with Gasteiger partial charge in [0.05, 0.1) is 0 Å². The number of anilines is 1. The zero-order valence-electron chi connectivity index (χ0n) is 11.2. The van der Waals surface area contributed by atoms with E-state index in [1.165, 1.54) is 25.7 Å². The minimum Gasteiger partial charge on any atom is -0.370 e. The molecule has 0 aromatic carbocycles. The molecule has 0 radical (unpaired) electrons. The summed E-state index contributed by atoms with van der Waals surface area (Å²) in [6.07, 6.45) is 6.32. The van der Waals surface area contributed by atoms with E-state index in [2.05, 4.69) is 45.1 Å². The highest BCUT2D eigenvalue weighted by molar-refractivity contribution is 9.10.